The molecule has 0 aromatic heterocycles. The lowest BCUT2D eigenvalue weighted by molar-refractivity contribution is -0.343. The molecular weight excluding hydrogens is 762 g/mol. The van der Waals surface area contributed by atoms with Crippen LogP contribution in [0, 0.1) is 16.7 Å². The summed E-state index contributed by atoms with van der Waals surface area (Å²) in [7, 11) is 0. The van der Waals surface area contributed by atoms with Gasteiger partial charge in [-0.15, -0.1) is 0 Å². The standard InChI is InChI=1S/C45H49NO13/c1-24-29(58-41(53)34(49)33(26-15-9-6-10-16-26)46-39(51)27-17-11-7-12-18-27)22-45(55)38(59-40(52)28-19-13-8-14-20-28)36-43(5,30(48)21-31-44(36,54)23-56-31)37(50)35(57-25(2)47)32(24)42(45,3)4/h6-20,29-31,33-36,38,48-49,54-55H,21-23H2,1-5H3,(H,46,51)/t29-,30-,31+,33-,34+,35+,36-,38-,43+,44-,45+/m0/s1. The van der Waals surface area contributed by atoms with Crippen LogP contribution in [-0.2, 0) is 33.3 Å². The molecule has 1 saturated heterocycles. The summed E-state index contributed by atoms with van der Waals surface area (Å²) in [4.78, 5) is 69.7. The number of ketones is 1. The van der Waals surface area contributed by atoms with Crippen molar-refractivity contribution < 1.29 is 63.3 Å². The lowest BCUT2D eigenvalue weighted by Gasteiger charge is -2.66. The normalized spacial score (nSPS) is 33.0. The highest BCUT2D eigenvalue weighted by Gasteiger charge is 2.76. The molecule has 3 aromatic carbocycles. The number of hydrogen-bond donors (Lipinski definition) is 5. The summed E-state index contributed by atoms with van der Waals surface area (Å²) < 4.78 is 23.8. The molecule has 0 spiro atoms. The molecule has 7 rings (SSSR count). The van der Waals surface area contributed by atoms with E-state index in [4.69, 9.17) is 18.9 Å². The molecule has 1 heterocycles. The fourth-order valence-electron chi connectivity index (χ4n) is 9.78. The minimum atomic E-state index is -2.35. The van der Waals surface area contributed by atoms with Crippen LogP contribution in [0.2, 0.25) is 0 Å². The zero-order valence-corrected chi connectivity index (χ0v) is 33.4. The lowest BCUT2D eigenvalue weighted by Crippen LogP contribution is -2.81. The fourth-order valence-corrected chi connectivity index (χ4v) is 9.78. The van der Waals surface area contributed by atoms with Crippen molar-refractivity contribution in [1.29, 1.82) is 0 Å². The Bertz CT molecular complexity index is 2160. The van der Waals surface area contributed by atoms with E-state index in [0.29, 0.717) is 5.56 Å². The van der Waals surface area contributed by atoms with Gasteiger partial charge in [0.15, 0.2) is 18.0 Å². The zero-order valence-electron chi connectivity index (χ0n) is 33.4. The highest BCUT2D eigenvalue weighted by molar-refractivity contribution is 5.96. The third-order valence-corrected chi connectivity index (χ3v) is 13.2. The van der Waals surface area contributed by atoms with Gasteiger partial charge in [-0.1, -0.05) is 80.6 Å². The summed E-state index contributed by atoms with van der Waals surface area (Å²) in [6, 6.07) is 23.0. The van der Waals surface area contributed by atoms with Crippen molar-refractivity contribution >= 4 is 29.6 Å². The maximum atomic E-state index is 15.2. The summed E-state index contributed by atoms with van der Waals surface area (Å²) in [5.41, 5.74) is -6.99. The van der Waals surface area contributed by atoms with E-state index in [1.54, 1.807) is 92.7 Å². The number of Topliss-reactive ketones (excluding diaryl/α,β-unsaturated/α-hetero) is 1. The monoisotopic (exact) mass is 811 g/mol. The van der Waals surface area contributed by atoms with Crippen LogP contribution >= 0.6 is 0 Å². The van der Waals surface area contributed by atoms with Gasteiger partial charge in [-0.3, -0.25) is 14.4 Å². The van der Waals surface area contributed by atoms with Gasteiger partial charge in [-0.25, -0.2) is 9.59 Å². The number of ether oxygens (including phenoxy) is 4. The second kappa shape index (κ2) is 15.4. The average molecular weight is 812 g/mol. The van der Waals surface area contributed by atoms with Gasteiger partial charge in [0.2, 0.25) is 0 Å². The topological polar surface area (TPSA) is 215 Å². The highest BCUT2D eigenvalue weighted by Crippen LogP contribution is 2.63. The van der Waals surface area contributed by atoms with E-state index < -0.39 is 107 Å². The SMILES string of the molecule is CC(=O)O[C@H]1C(=O)[C@@]2(C)[C@H]([C@H](OC(=O)c3ccccc3)[C@]3(O)C[C@H](OC(=O)[C@H](O)[C@@H](NC(=O)c4ccccc4)c4ccccc4)C(C)=C1C3(C)C)[C@]1(O)CO[C@@H]1C[C@@H]2O. The maximum absolute atomic E-state index is 15.2. The first kappa shape index (κ1) is 41.9. The Labute approximate surface area is 341 Å². The number of benzene rings is 3. The van der Waals surface area contributed by atoms with Crippen LogP contribution in [0.4, 0.5) is 0 Å². The summed E-state index contributed by atoms with van der Waals surface area (Å²) in [5.74, 6) is -5.98. The van der Waals surface area contributed by atoms with Crippen molar-refractivity contribution in [1.82, 2.24) is 5.32 Å². The predicted octanol–water partition coefficient (Wildman–Crippen LogP) is 3.16. The van der Waals surface area contributed by atoms with Crippen molar-refractivity contribution in [3.8, 4) is 0 Å². The van der Waals surface area contributed by atoms with Crippen LogP contribution in [0.5, 0.6) is 0 Å². The van der Waals surface area contributed by atoms with Crippen molar-refractivity contribution in [3.63, 3.8) is 0 Å². The van der Waals surface area contributed by atoms with E-state index in [9.17, 15) is 39.6 Å². The summed E-state index contributed by atoms with van der Waals surface area (Å²) >= 11 is 0. The number of aliphatic hydroxyl groups excluding tert-OH is 2. The van der Waals surface area contributed by atoms with Gasteiger partial charge in [0, 0.05) is 36.7 Å². The van der Waals surface area contributed by atoms with Crippen LogP contribution < -0.4 is 5.32 Å². The number of amides is 1. The summed E-state index contributed by atoms with van der Waals surface area (Å²) in [6.45, 7) is 6.81. The van der Waals surface area contributed by atoms with E-state index in [1.165, 1.54) is 26.0 Å². The molecule has 2 saturated carbocycles. The van der Waals surface area contributed by atoms with Gasteiger partial charge in [0.1, 0.15) is 23.4 Å². The van der Waals surface area contributed by atoms with Gasteiger partial charge in [0.25, 0.3) is 5.91 Å². The van der Waals surface area contributed by atoms with E-state index >= 15 is 4.79 Å². The smallest absolute Gasteiger partial charge is 0.338 e. The molecule has 312 valence electrons. The molecule has 1 aliphatic heterocycles. The van der Waals surface area contributed by atoms with Crippen molar-refractivity contribution in [2.24, 2.45) is 16.7 Å². The summed E-state index contributed by atoms with van der Waals surface area (Å²) in [6.07, 6.45) is -10.3. The first-order valence-electron chi connectivity index (χ1n) is 19.6. The number of carbonyl (C=O) groups is 5. The number of rotatable bonds is 9. The van der Waals surface area contributed by atoms with Gasteiger partial charge < -0.3 is 44.7 Å². The molecule has 3 aliphatic carbocycles. The van der Waals surface area contributed by atoms with Gasteiger partial charge >= 0.3 is 17.9 Å². The average Bonchev–Trinajstić information content (AvgIpc) is 3.21. The molecule has 3 fully saturated rings. The van der Waals surface area contributed by atoms with Gasteiger partial charge in [-0.2, -0.15) is 0 Å². The molecule has 0 unspecified atom stereocenters. The number of fused-ring (bicyclic) bond motifs is 5. The minimum Gasteiger partial charge on any atom is -0.456 e. The Morgan fingerprint density at radius 3 is 1.98 bits per heavy atom. The first-order chi connectivity index (χ1) is 27.9. The fraction of sp³-hybridized carbons (Fsp3) is 0.444. The molecule has 59 heavy (non-hydrogen) atoms. The Balaban J connectivity index is 1.36. The Morgan fingerprint density at radius 1 is 0.847 bits per heavy atom. The van der Waals surface area contributed by atoms with Crippen LogP contribution in [-0.4, -0.2) is 104 Å². The van der Waals surface area contributed by atoms with Crippen molar-refractivity contribution in [2.75, 3.05) is 6.61 Å². The molecule has 14 nitrogen and oxygen atoms in total. The third-order valence-electron chi connectivity index (χ3n) is 13.2. The van der Waals surface area contributed by atoms with E-state index in [2.05, 4.69) is 5.32 Å². The Hall–Kier alpha value is -5.25. The van der Waals surface area contributed by atoms with Crippen LogP contribution in [0.1, 0.15) is 79.8 Å². The molecule has 0 radical (unpaired) electrons. The zero-order chi connectivity index (χ0) is 42.7. The Kier molecular flexibility index (Phi) is 10.9. The van der Waals surface area contributed by atoms with Gasteiger partial charge in [-0.05, 0) is 54.8 Å². The molecule has 2 bridgehead atoms. The molecule has 4 aliphatic rings. The maximum Gasteiger partial charge on any atom is 0.338 e. The van der Waals surface area contributed by atoms with Crippen LogP contribution in [0.25, 0.3) is 0 Å². The Morgan fingerprint density at radius 2 is 1.42 bits per heavy atom. The van der Waals surface area contributed by atoms with Crippen molar-refractivity contribution in [3.05, 3.63) is 119 Å². The summed E-state index contributed by atoms with van der Waals surface area (Å²) in [5, 5.41) is 52.2. The number of carbonyl (C=O) groups excluding carboxylic acids is 5. The second-order valence-corrected chi connectivity index (χ2v) is 16.8. The van der Waals surface area contributed by atoms with Gasteiger partial charge in [0.05, 0.1) is 35.8 Å². The third kappa shape index (κ3) is 6.86. The molecule has 5 N–H and O–H groups in total. The minimum absolute atomic E-state index is 0.0161. The molecular formula is C45H49NO13. The lowest BCUT2D eigenvalue weighted by atomic mass is 9.44. The van der Waals surface area contributed by atoms with E-state index in [0.717, 1.165) is 6.92 Å². The van der Waals surface area contributed by atoms with E-state index in [-0.39, 0.29) is 35.3 Å². The number of hydrogen-bond acceptors (Lipinski definition) is 13. The van der Waals surface area contributed by atoms with Crippen LogP contribution in [0.15, 0.2) is 102 Å². The number of nitrogens with one attached hydrogen (secondary N) is 1. The quantitative estimate of drug-likeness (QED) is 0.120. The predicted molar refractivity (Wildman–Crippen MR) is 208 cm³/mol. The highest BCUT2D eigenvalue weighted by atomic mass is 16.6. The van der Waals surface area contributed by atoms with E-state index in [1.807, 2.05) is 0 Å². The second-order valence-electron chi connectivity index (χ2n) is 16.8. The largest absolute Gasteiger partial charge is 0.456 e. The number of esters is 3. The first-order valence-corrected chi connectivity index (χ1v) is 19.6. The number of aliphatic hydroxyl groups is 4. The van der Waals surface area contributed by atoms with Crippen molar-refractivity contribution in [2.45, 2.75) is 101 Å². The molecule has 14 heteroatoms. The van der Waals surface area contributed by atoms with Crippen LogP contribution in [0.3, 0.4) is 0 Å². The molecule has 1 amide bonds. The molecule has 11 atom stereocenters. The molecule has 3 aromatic rings.